The molecule has 108 valence electrons. The molecule has 0 aliphatic heterocycles. The van der Waals surface area contributed by atoms with Crippen LogP contribution in [-0.4, -0.2) is 13.7 Å². The maximum atomic E-state index is 8.46. The molecule has 0 saturated heterocycles. The molecule has 2 rings (SSSR count). The lowest BCUT2D eigenvalue weighted by Gasteiger charge is -2.12. The van der Waals surface area contributed by atoms with Crippen LogP contribution in [0.1, 0.15) is 11.1 Å². The number of hydrogen-bond donors (Lipinski definition) is 1. The molecule has 0 aromatic heterocycles. The molecule has 0 heterocycles. The van der Waals surface area contributed by atoms with Gasteiger partial charge in [0.25, 0.3) is 0 Å². The molecule has 21 heavy (non-hydrogen) atoms. The van der Waals surface area contributed by atoms with E-state index in [1.54, 1.807) is 7.11 Å². The fourth-order valence-electron chi connectivity index (χ4n) is 1.96. The number of hydrogen-bond acceptors (Lipinski definition) is 4. The van der Waals surface area contributed by atoms with E-state index in [-0.39, 0.29) is 6.61 Å². The Bertz CT molecular complexity index is 630. The van der Waals surface area contributed by atoms with E-state index in [4.69, 9.17) is 14.7 Å². The Morgan fingerprint density at radius 1 is 1.14 bits per heavy atom. The summed E-state index contributed by atoms with van der Waals surface area (Å²) >= 11 is 0. The summed E-state index contributed by atoms with van der Waals surface area (Å²) in [5.74, 6) is 1.54. The molecular weight excluding hydrogens is 264 g/mol. The summed E-state index contributed by atoms with van der Waals surface area (Å²) in [7, 11) is 1.67. The Labute approximate surface area is 124 Å². The second kappa shape index (κ2) is 7.20. The number of rotatable bonds is 6. The van der Waals surface area contributed by atoms with Crippen molar-refractivity contribution >= 4 is 5.69 Å². The van der Waals surface area contributed by atoms with Crippen molar-refractivity contribution in [3.05, 3.63) is 53.6 Å². The third-order valence-electron chi connectivity index (χ3n) is 3.07. The van der Waals surface area contributed by atoms with Gasteiger partial charge in [0.1, 0.15) is 17.6 Å². The zero-order valence-electron chi connectivity index (χ0n) is 12.2. The molecule has 4 heteroatoms. The van der Waals surface area contributed by atoms with E-state index in [2.05, 4.69) is 5.32 Å². The van der Waals surface area contributed by atoms with E-state index >= 15 is 0 Å². The van der Waals surface area contributed by atoms with Crippen LogP contribution < -0.4 is 14.8 Å². The molecule has 0 aliphatic carbocycles. The lowest BCUT2D eigenvalue weighted by Crippen LogP contribution is -2.02. The normalized spacial score (nSPS) is 9.76. The number of benzene rings is 2. The second-order valence-electron chi connectivity index (χ2n) is 4.65. The molecule has 0 radical (unpaired) electrons. The maximum Gasteiger partial charge on any atom is 0.174 e. The number of nitrogens with one attached hydrogen (secondary N) is 1. The van der Waals surface area contributed by atoms with Crippen molar-refractivity contribution < 1.29 is 9.47 Å². The number of nitriles is 1. The van der Waals surface area contributed by atoms with E-state index in [1.807, 2.05) is 55.5 Å². The topological polar surface area (TPSA) is 54.3 Å². The van der Waals surface area contributed by atoms with Gasteiger partial charge in [-0.1, -0.05) is 18.2 Å². The van der Waals surface area contributed by atoms with Crippen molar-refractivity contribution in [2.24, 2.45) is 0 Å². The van der Waals surface area contributed by atoms with Crippen LogP contribution in [0.3, 0.4) is 0 Å². The third kappa shape index (κ3) is 4.15. The SMILES string of the molecule is COc1cc(C)ccc1NCc1ccc(OCC#N)cc1. The summed E-state index contributed by atoms with van der Waals surface area (Å²) in [6, 6.07) is 15.7. The van der Waals surface area contributed by atoms with Crippen LogP contribution in [0, 0.1) is 18.3 Å². The van der Waals surface area contributed by atoms with Gasteiger partial charge in [0.05, 0.1) is 12.8 Å². The monoisotopic (exact) mass is 282 g/mol. The van der Waals surface area contributed by atoms with Crippen molar-refractivity contribution in [3.8, 4) is 17.6 Å². The number of ether oxygens (including phenoxy) is 2. The molecule has 1 N–H and O–H groups in total. The van der Waals surface area contributed by atoms with Gasteiger partial charge in [0.2, 0.25) is 0 Å². The van der Waals surface area contributed by atoms with Crippen molar-refractivity contribution in [2.75, 3.05) is 19.0 Å². The summed E-state index contributed by atoms with van der Waals surface area (Å²) in [4.78, 5) is 0. The zero-order valence-corrected chi connectivity index (χ0v) is 12.2. The number of methoxy groups -OCH3 is 1. The largest absolute Gasteiger partial charge is 0.495 e. The molecule has 4 nitrogen and oxygen atoms in total. The zero-order chi connectivity index (χ0) is 15.1. The first kappa shape index (κ1) is 14.7. The average molecular weight is 282 g/mol. The van der Waals surface area contributed by atoms with Crippen molar-refractivity contribution in [2.45, 2.75) is 13.5 Å². The van der Waals surface area contributed by atoms with Crippen LogP contribution in [0.15, 0.2) is 42.5 Å². The first-order valence-corrected chi connectivity index (χ1v) is 6.70. The molecular formula is C17H18N2O2. The fraction of sp³-hybridized carbons (Fsp3) is 0.235. The third-order valence-corrected chi connectivity index (χ3v) is 3.07. The van der Waals surface area contributed by atoms with Crippen molar-refractivity contribution in [1.82, 2.24) is 0 Å². The standard InChI is InChI=1S/C17H18N2O2/c1-13-3-8-16(17(11-13)20-2)19-12-14-4-6-15(7-5-14)21-10-9-18/h3-8,11,19H,10,12H2,1-2H3. The molecule has 2 aromatic carbocycles. The predicted molar refractivity (Wildman–Crippen MR) is 82.6 cm³/mol. The highest BCUT2D eigenvalue weighted by Gasteiger charge is 2.03. The van der Waals surface area contributed by atoms with Gasteiger partial charge in [-0.3, -0.25) is 0 Å². The minimum Gasteiger partial charge on any atom is -0.495 e. The van der Waals surface area contributed by atoms with Gasteiger partial charge in [0, 0.05) is 6.54 Å². The Balaban J connectivity index is 1.98. The smallest absolute Gasteiger partial charge is 0.174 e. The summed E-state index contributed by atoms with van der Waals surface area (Å²) in [5.41, 5.74) is 3.26. The highest BCUT2D eigenvalue weighted by Crippen LogP contribution is 2.25. The van der Waals surface area contributed by atoms with Gasteiger partial charge in [0.15, 0.2) is 6.61 Å². The van der Waals surface area contributed by atoms with E-state index in [1.165, 1.54) is 0 Å². The summed E-state index contributed by atoms with van der Waals surface area (Å²) in [6.45, 7) is 2.79. The molecule has 0 amide bonds. The maximum absolute atomic E-state index is 8.46. The van der Waals surface area contributed by atoms with Gasteiger partial charge >= 0.3 is 0 Å². The Morgan fingerprint density at radius 2 is 1.90 bits per heavy atom. The van der Waals surface area contributed by atoms with Gasteiger partial charge in [-0.05, 0) is 42.3 Å². The number of aryl methyl sites for hydroxylation is 1. The molecule has 0 spiro atoms. The minimum atomic E-state index is 0.0676. The lowest BCUT2D eigenvalue weighted by molar-refractivity contribution is 0.368. The minimum absolute atomic E-state index is 0.0676. The van der Waals surface area contributed by atoms with Crippen molar-refractivity contribution in [1.29, 1.82) is 5.26 Å². The van der Waals surface area contributed by atoms with E-state index in [0.29, 0.717) is 12.3 Å². The molecule has 0 unspecified atom stereocenters. The van der Waals surface area contributed by atoms with Gasteiger partial charge < -0.3 is 14.8 Å². The predicted octanol–water partition coefficient (Wildman–Crippen LogP) is 3.52. The Kier molecular flexibility index (Phi) is 5.05. The van der Waals surface area contributed by atoms with Gasteiger partial charge in [-0.15, -0.1) is 0 Å². The fourth-order valence-corrected chi connectivity index (χ4v) is 1.96. The van der Waals surface area contributed by atoms with Gasteiger partial charge in [-0.25, -0.2) is 0 Å². The van der Waals surface area contributed by atoms with Crippen LogP contribution in [0.2, 0.25) is 0 Å². The first-order valence-electron chi connectivity index (χ1n) is 6.70. The summed E-state index contributed by atoms with van der Waals surface area (Å²) in [5, 5.41) is 11.8. The van der Waals surface area contributed by atoms with Crippen molar-refractivity contribution in [3.63, 3.8) is 0 Å². The van der Waals surface area contributed by atoms with Gasteiger partial charge in [-0.2, -0.15) is 5.26 Å². The molecule has 0 atom stereocenters. The van der Waals surface area contributed by atoms with E-state index in [0.717, 1.165) is 22.6 Å². The summed E-state index contributed by atoms with van der Waals surface area (Å²) in [6.07, 6.45) is 0. The number of nitrogens with zero attached hydrogens (tertiary/aromatic N) is 1. The Hall–Kier alpha value is -2.67. The van der Waals surface area contributed by atoms with Crippen LogP contribution >= 0.6 is 0 Å². The molecule has 0 aliphatic rings. The number of anilines is 1. The highest BCUT2D eigenvalue weighted by molar-refractivity contribution is 5.57. The molecule has 0 saturated carbocycles. The lowest BCUT2D eigenvalue weighted by atomic mass is 10.2. The first-order chi connectivity index (χ1) is 10.2. The average Bonchev–Trinajstić information content (AvgIpc) is 2.52. The molecule has 0 fully saturated rings. The molecule has 2 aromatic rings. The summed E-state index contributed by atoms with van der Waals surface area (Å²) < 4.78 is 10.6. The van der Waals surface area contributed by atoms with E-state index in [9.17, 15) is 0 Å². The van der Waals surface area contributed by atoms with Crippen LogP contribution in [-0.2, 0) is 6.54 Å². The van der Waals surface area contributed by atoms with E-state index < -0.39 is 0 Å². The van der Waals surface area contributed by atoms with Crippen LogP contribution in [0.5, 0.6) is 11.5 Å². The quantitative estimate of drug-likeness (QED) is 0.880. The Morgan fingerprint density at radius 3 is 2.57 bits per heavy atom. The second-order valence-corrected chi connectivity index (χ2v) is 4.65. The van der Waals surface area contributed by atoms with Crippen LogP contribution in [0.4, 0.5) is 5.69 Å². The highest BCUT2D eigenvalue weighted by atomic mass is 16.5. The van der Waals surface area contributed by atoms with Crippen LogP contribution in [0.25, 0.3) is 0 Å². The molecule has 0 bridgehead atoms.